The Hall–Kier alpha value is -1.21. The van der Waals surface area contributed by atoms with Crippen LogP contribution in [-0.4, -0.2) is 28.6 Å². The van der Waals surface area contributed by atoms with Gasteiger partial charge >= 0.3 is 7.12 Å². The second-order valence-corrected chi connectivity index (χ2v) is 6.05. The predicted molar refractivity (Wildman–Crippen MR) is 78.4 cm³/mol. The minimum atomic E-state index is -1.62. The van der Waals surface area contributed by atoms with Gasteiger partial charge in [-0.05, 0) is 35.0 Å². The highest BCUT2D eigenvalue weighted by atomic mass is 32.1. The summed E-state index contributed by atoms with van der Waals surface area (Å²) in [7, 11) is -1.62. The summed E-state index contributed by atoms with van der Waals surface area (Å²) in [5, 5.41) is 20.2. The lowest BCUT2D eigenvalue weighted by Crippen LogP contribution is -2.32. The van der Waals surface area contributed by atoms with Crippen molar-refractivity contribution >= 4 is 23.9 Å². The van der Waals surface area contributed by atoms with Crippen molar-refractivity contribution in [3.8, 4) is 0 Å². The number of halogens is 1. The van der Waals surface area contributed by atoms with Gasteiger partial charge in [-0.25, -0.2) is 4.39 Å². The third kappa shape index (κ3) is 2.78. The van der Waals surface area contributed by atoms with Gasteiger partial charge in [0.15, 0.2) is 0 Å². The second kappa shape index (κ2) is 5.65. The van der Waals surface area contributed by atoms with Gasteiger partial charge in [0.2, 0.25) is 0 Å². The van der Waals surface area contributed by atoms with Crippen LogP contribution in [0.5, 0.6) is 0 Å². The van der Waals surface area contributed by atoms with Crippen molar-refractivity contribution in [3.63, 3.8) is 0 Å². The summed E-state index contributed by atoms with van der Waals surface area (Å²) in [5.41, 5.74) is 2.11. The quantitative estimate of drug-likeness (QED) is 0.833. The maximum absolute atomic E-state index is 14.0. The molecule has 0 saturated heterocycles. The molecule has 6 heteroatoms. The molecule has 2 N–H and O–H groups in total. The van der Waals surface area contributed by atoms with Gasteiger partial charge in [-0.15, -0.1) is 11.3 Å². The van der Waals surface area contributed by atoms with Crippen LogP contribution in [0.4, 0.5) is 4.39 Å². The van der Waals surface area contributed by atoms with E-state index in [-0.39, 0.29) is 11.3 Å². The van der Waals surface area contributed by atoms with E-state index in [2.05, 4.69) is 16.3 Å². The predicted octanol–water partition coefficient (Wildman–Crippen LogP) is 1.13. The van der Waals surface area contributed by atoms with Gasteiger partial charge < -0.3 is 10.0 Å². The van der Waals surface area contributed by atoms with E-state index in [1.54, 1.807) is 23.5 Å². The fourth-order valence-electron chi connectivity index (χ4n) is 2.54. The lowest BCUT2D eigenvalue weighted by Gasteiger charge is -2.27. The molecule has 0 unspecified atom stereocenters. The smallest absolute Gasteiger partial charge is 0.423 e. The summed E-state index contributed by atoms with van der Waals surface area (Å²) in [4.78, 5) is 3.64. The van der Waals surface area contributed by atoms with Crippen LogP contribution in [0.1, 0.15) is 16.0 Å². The zero-order chi connectivity index (χ0) is 14.1. The minimum absolute atomic E-state index is 0.185. The summed E-state index contributed by atoms with van der Waals surface area (Å²) in [6.45, 7) is 2.32. The molecule has 2 aromatic rings. The first-order valence-corrected chi connectivity index (χ1v) is 7.43. The molecule has 2 heterocycles. The van der Waals surface area contributed by atoms with Crippen molar-refractivity contribution in [1.29, 1.82) is 0 Å². The first-order valence-electron chi connectivity index (χ1n) is 6.55. The fraction of sp³-hybridized carbons (Fsp3) is 0.286. The Morgan fingerprint density at radius 1 is 1.30 bits per heavy atom. The van der Waals surface area contributed by atoms with Crippen LogP contribution in [0.2, 0.25) is 0 Å². The van der Waals surface area contributed by atoms with Crippen molar-refractivity contribution in [2.24, 2.45) is 0 Å². The van der Waals surface area contributed by atoms with Crippen LogP contribution in [-0.2, 0) is 19.5 Å². The van der Waals surface area contributed by atoms with Gasteiger partial charge in [-0.1, -0.05) is 12.1 Å². The monoisotopic (exact) mass is 291 g/mol. The van der Waals surface area contributed by atoms with Crippen molar-refractivity contribution in [2.75, 3.05) is 6.54 Å². The highest BCUT2D eigenvalue weighted by molar-refractivity contribution is 7.10. The van der Waals surface area contributed by atoms with E-state index in [4.69, 9.17) is 10.0 Å². The first-order chi connectivity index (χ1) is 9.63. The molecule has 1 aliphatic heterocycles. The van der Waals surface area contributed by atoms with E-state index in [1.165, 1.54) is 16.5 Å². The van der Waals surface area contributed by atoms with Gasteiger partial charge in [0.05, 0.1) is 0 Å². The maximum atomic E-state index is 14.0. The Kier molecular flexibility index (Phi) is 3.89. The molecular weight excluding hydrogens is 276 g/mol. The number of nitrogens with zero attached hydrogens (tertiary/aromatic N) is 1. The fourth-order valence-corrected chi connectivity index (χ4v) is 3.42. The Morgan fingerprint density at radius 2 is 2.15 bits per heavy atom. The molecule has 1 aromatic carbocycles. The second-order valence-electron chi connectivity index (χ2n) is 5.05. The molecule has 0 spiro atoms. The summed E-state index contributed by atoms with van der Waals surface area (Å²) in [5.74, 6) is -0.383. The molecule has 20 heavy (non-hydrogen) atoms. The average Bonchev–Trinajstić information content (AvgIpc) is 2.88. The molecule has 0 fully saturated rings. The molecule has 1 aliphatic rings. The standard InChI is InChI=1S/C14H15BFNO2S/c16-13-7-12(15(18)19)2-1-10(13)8-17-5-3-14-11(9-17)4-6-20-14/h1-2,4,6-7,18-19H,3,5,8-9H2. The lowest BCUT2D eigenvalue weighted by atomic mass is 9.80. The average molecular weight is 291 g/mol. The van der Waals surface area contributed by atoms with Gasteiger partial charge in [-0.2, -0.15) is 0 Å². The van der Waals surface area contributed by atoms with Crippen LogP contribution in [0.25, 0.3) is 0 Å². The summed E-state index contributed by atoms with van der Waals surface area (Å²) in [6.07, 6.45) is 1.02. The number of rotatable bonds is 3. The van der Waals surface area contributed by atoms with Crippen molar-refractivity contribution in [2.45, 2.75) is 19.5 Å². The van der Waals surface area contributed by atoms with Crippen LogP contribution < -0.4 is 5.46 Å². The lowest BCUT2D eigenvalue weighted by molar-refractivity contribution is 0.244. The molecule has 0 amide bonds. The van der Waals surface area contributed by atoms with E-state index >= 15 is 0 Å². The number of benzene rings is 1. The van der Waals surface area contributed by atoms with Crippen LogP contribution in [0.15, 0.2) is 29.6 Å². The summed E-state index contributed by atoms with van der Waals surface area (Å²) >= 11 is 1.79. The van der Waals surface area contributed by atoms with E-state index in [1.807, 2.05) is 0 Å². The number of fused-ring (bicyclic) bond motifs is 1. The molecule has 0 bridgehead atoms. The third-order valence-electron chi connectivity index (χ3n) is 3.66. The molecule has 104 valence electrons. The van der Waals surface area contributed by atoms with Gasteiger partial charge in [0.1, 0.15) is 5.82 Å². The molecular formula is C14H15BFNO2S. The zero-order valence-corrected chi connectivity index (χ0v) is 11.7. The van der Waals surface area contributed by atoms with E-state index < -0.39 is 7.12 Å². The molecule has 3 nitrogen and oxygen atoms in total. The topological polar surface area (TPSA) is 43.7 Å². The summed E-state index contributed by atoms with van der Waals surface area (Å²) < 4.78 is 14.0. The molecule has 0 saturated carbocycles. The van der Waals surface area contributed by atoms with E-state index in [9.17, 15) is 4.39 Å². The largest absolute Gasteiger partial charge is 0.488 e. The highest BCUT2D eigenvalue weighted by Gasteiger charge is 2.19. The van der Waals surface area contributed by atoms with Crippen molar-refractivity contribution < 1.29 is 14.4 Å². The minimum Gasteiger partial charge on any atom is -0.423 e. The van der Waals surface area contributed by atoms with E-state index in [0.717, 1.165) is 19.5 Å². The highest BCUT2D eigenvalue weighted by Crippen LogP contribution is 2.25. The van der Waals surface area contributed by atoms with Gasteiger partial charge in [0, 0.05) is 30.1 Å². The maximum Gasteiger partial charge on any atom is 0.488 e. The van der Waals surface area contributed by atoms with Crippen LogP contribution in [0.3, 0.4) is 0 Å². The number of hydrogen-bond donors (Lipinski definition) is 2. The molecule has 0 atom stereocenters. The van der Waals surface area contributed by atoms with E-state index in [0.29, 0.717) is 12.1 Å². The third-order valence-corrected chi connectivity index (χ3v) is 4.68. The SMILES string of the molecule is OB(O)c1ccc(CN2CCc3sccc3C2)c(F)c1. The number of thiophene rings is 1. The summed E-state index contributed by atoms with van der Waals surface area (Å²) in [6, 6.07) is 6.52. The first kappa shape index (κ1) is 13.8. The zero-order valence-electron chi connectivity index (χ0n) is 10.9. The van der Waals surface area contributed by atoms with Crippen LogP contribution >= 0.6 is 11.3 Å². The van der Waals surface area contributed by atoms with Gasteiger partial charge in [-0.3, -0.25) is 4.90 Å². The Labute approximate surface area is 121 Å². The molecule has 0 aliphatic carbocycles. The normalized spacial score (nSPS) is 15.2. The number of hydrogen-bond acceptors (Lipinski definition) is 4. The molecule has 3 rings (SSSR count). The molecule has 1 aromatic heterocycles. The van der Waals surface area contributed by atoms with Gasteiger partial charge in [0.25, 0.3) is 0 Å². The van der Waals surface area contributed by atoms with Crippen LogP contribution in [0, 0.1) is 5.82 Å². The Bertz CT molecular complexity index is 617. The van der Waals surface area contributed by atoms with Crippen molar-refractivity contribution in [1.82, 2.24) is 4.90 Å². The Morgan fingerprint density at radius 3 is 2.90 bits per heavy atom. The van der Waals surface area contributed by atoms with Crippen molar-refractivity contribution in [3.05, 3.63) is 51.5 Å². The molecule has 0 radical (unpaired) electrons. The Balaban J connectivity index is 1.73.